The molecule has 1 aliphatic rings. The fourth-order valence-electron chi connectivity index (χ4n) is 3.30. The van der Waals surface area contributed by atoms with Crippen LogP contribution in [0.2, 0.25) is 0 Å². The molecule has 0 N–H and O–H groups in total. The van der Waals surface area contributed by atoms with Crippen molar-refractivity contribution in [1.29, 1.82) is 0 Å². The first-order valence-corrected chi connectivity index (χ1v) is 8.93. The molecule has 7 nitrogen and oxygen atoms in total. The van der Waals surface area contributed by atoms with Crippen LogP contribution in [0, 0.1) is 6.92 Å². The second kappa shape index (κ2) is 7.67. The van der Waals surface area contributed by atoms with E-state index < -0.39 is 0 Å². The number of amides is 1. The lowest BCUT2D eigenvalue weighted by atomic mass is 10.2. The van der Waals surface area contributed by atoms with Gasteiger partial charge in [0.15, 0.2) is 0 Å². The zero-order valence-corrected chi connectivity index (χ0v) is 15.2. The molecule has 0 aliphatic carbocycles. The maximum absolute atomic E-state index is 12.9. The van der Waals surface area contributed by atoms with Gasteiger partial charge < -0.3 is 14.2 Å². The molecule has 0 fully saturated rings. The Bertz CT molecular complexity index is 925. The lowest BCUT2D eigenvalue weighted by Crippen LogP contribution is -2.37. The fraction of sp³-hybridized carbons (Fsp3) is 0.300. The highest BCUT2D eigenvalue weighted by Gasteiger charge is 2.26. The van der Waals surface area contributed by atoms with Crippen LogP contribution in [0.5, 0.6) is 0 Å². The first-order chi connectivity index (χ1) is 13.2. The Balaban J connectivity index is 1.52. The Labute approximate surface area is 157 Å². The molecular weight excluding hydrogens is 342 g/mol. The minimum Gasteiger partial charge on any atom is -0.368 e. The van der Waals surface area contributed by atoms with Gasteiger partial charge in [0.1, 0.15) is 0 Å². The number of fused-ring (bicyclic) bond motifs is 1. The molecule has 7 heteroatoms. The van der Waals surface area contributed by atoms with E-state index >= 15 is 0 Å². The molecule has 4 rings (SSSR count). The molecule has 1 atom stereocenters. The second-order valence-electron chi connectivity index (χ2n) is 6.67. The normalized spacial score (nSPS) is 16.6. The summed E-state index contributed by atoms with van der Waals surface area (Å²) in [6.07, 6.45) is 4.93. The van der Waals surface area contributed by atoms with Gasteiger partial charge in [-0.25, -0.2) is 0 Å². The molecule has 1 unspecified atom stereocenters. The second-order valence-corrected chi connectivity index (χ2v) is 6.67. The Hall–Kier alpha value is -3.06. The molecule has 3 aromatic rings. The van der Waals surface area contributed by atoms with Crippen molar-refractivity contribution in [2.24, 2.45) is 0 Å². The van der Waals surface area contributed by atoms with Crippen molar-refractivity contribution in [1.82, 2.24) is 24.6 Å². The highest BCUT2D eigenvalue weighted by molar-refractivity contribution is 5.93. The van der Waals surface area contributed by atoms with Gasteiger partial charge in [-0.1, -0.05) is 6.07 Å². The van der Waals surface area contributed by atoms with Crippen LogP contribution in [0.25, 0.3) is 0 Å². The lowest BCUT2D eigenvalue weighted by Gasteiger charge is -2.24. The molecule has 0 saturated heterocycles. The molecule has 0 aromatic carbocycles. The molecule has 0 spiro atoms. The van der Waals surface area contributed by atoms with Crippen molar-refractivity contribution in [2.45, 2.75) is 32.7 Å². The van der Waals surface area contributed by atoms with Gasteiger partial charge in [-0.15, -0.1) is 0 Å². The van der Waals surface area contributed by atoms with Gasteiger partial charge in [0.2, 0.25) is 0 Å². The van der Waals surface area contributed by atoms with Crippen LogP contribution in [0.4, 0.5) is 0 Å². The highest BCUT2D eigenvalue weighted by atomic mass is 16.5. The number of ether oxygens (including phenoxy) is 1. The maximum Gasteiger partial charge on any atom is 0.255 e. The average molecular weight is 363 g/mol. The number of aryl methyl sites for hydroxylation is 1. The van der Waals surface area contributed by atoms with E-state index in [-0.39, 0.29) is 12.0 Å². The topological polar surface area (TPSA) is 73.1 Å². The molecular formula is C20H21N5O2. The molecule has 4 heterocycles. The van der Waals surface area contributed by atoms with Crippen molar-refractivity contribution in [3.63, 3.8) is 0 Å². The van der Waals surface area contributed by atoms with Crippen LogP contribution in [0.15, 0.2) is 55.0 Å². The van der Waals surface area contributed by atoms with E-state index in [1.807, 2.05) is 48.4 Å². The number of rotatable bonds is 4. The van der Waals surface area contributed by atoms with Gasteiger partial charge in [-0.3, -0.25) is 9.78 Å². The van der Waals surface area contributed by atoms with E-state index in [9.17, 15) is 4.79 Å². The minimum absolute atomic E-state index is 0.0677. The summed E-state index contributed by atoms with van der Waals surface area (Å²) in [6, 6.07) is 11.6. The number of carbonyl (C=O) groups is 1. The number of pyridine rings is 1. The largest absolute Gasteiger partial charge is 0.368 e. The summed E-state index contributed by atoms with van der Waals surface area (Å²) < 4.78 is 8.29. The quantitative estimate of drug-likeness (QED) is 0.711. The smallest absolute Gasteiger partial charge is 0.255 e. The number of carbonyl (C=O) groups excluding carboxylic acids is 1. The monoisotopic (exact) mass is 363 g/mol. The van der Waals surface area contributed by atoms with E-state index in [4.69, 9.17) is 4.74 Å². The summed E-state index contributed by atoms with van der Waals surface area (Å²) in [7, 11) is 0. The zero-order valence-electron chi connectivity index (χ0n) is 15.2. The third kappa shape index (κ3) is 4.03. The Morgan fingerprint density at radius 1 is 1.19 bits per heavy atom. The van der Waals surface area contributed by atoms with Gasteiger partial charge in [-0.2, -0.15) is 10.2 Å². The minimum atomic E-state index is -0.125. The molecule has 0 radical (unpaired) electrons. The van der Waals surface area contributed by atoms with Gasteiger partial charge in [0.25, 0.3) is 5.91 Å². The molecule has 27 heavy (non-hydrogen) atoms. The Kier molecular flexibility index (Phi) is 4.93. The average Bonchev–Trinajstić information content (AvgIpc) is 3.04. The van der Waals surface area contributed by atoms with Crippen LogP contribution in [-0.2, 0) is 24.4 Å². The summed E-state index contributed by atoms with van der Waals surface area (Å²) in [5.74, 6) is -0.0677. The van der Waals surface area contributed by atoms with Crippen molar-refractivity contribution in [3.05, 3.63) is 77.6 Å². The summed E-state index contributed by atoms with van der Waals surface area (Å²) in [6.45, 7) is 4.13. The van der Waals surface area contributed by atoms with Gasteiger partial charge in [0.05, 0.1) is 49.5 Å². The molecule has 1 aliphatic heterocycles. The number of hydrogen-bond acceptors (Lipinski definition) is 5. The van der Waals surface area contributed by atoms with E-state index in [2.05, 4.69) is 19.7 Å². The molecule has 0 bridgehead atoms. The van der Waals surface area contributed by atoms with Crippen LogP contribution >= 0.6 is 0 Å². The van der Waals surface area contributed by atoms with Crippen molar-refractivity contribution < 1.29 is 9.53 Å². The molecule has 3 aromatic heterocycles. The molecule has 0 saturated carbocycles. The summed E-state index contributed by atoms with van der Waals surface area (Å²) in [5.41, 5.74) is 3.48. The first kappa shape index (κ1) is 17.4. The number of aromatic nitrogens is 4. The maximum atomic E-state index is 12.9. The third-order valence-electron chi connectivity index (χ3n) is 4.63. The standard InChI is InChI=1S/C20H21N5O2/c1-15-4-2-5-17(23-15)14-27-19-12-24-9-3-6-18(24)11-25(13-19)20(26)16-7-8-21-22-10-16/h2-10,19H,11-14H2,1H3. The van der Waals surface area contributed by atoms with Crippen molar-refractivity contribution in [2.75, 3.05) is 6.54 Å². The van der Waals surface area contributed by atoms with Crippen LogP contribution in [-0.4, -0.2) is 43.2 Å². The SMILES string of the molecule is Cc1cccc(COC2CN(C(=O)c3ccnnc3)Cc3cccn3C2)n1. The van der Waals surface area contributed by atoms with E-state index in [1.54, 1.807) is 6.07 Å². The summed E-state index contributed by atoms with van der Waals surface area (Å²) >= 11 is 0. The lowest BCUT2D eigenvalue weighted by molar-refractivity contribution is 0.00918. The highest BCUT2D eigenvalue weighted by Crippen LogP contribution is 2.18. The Morgan fingerprint density at radius 3 is 2.93 bits per heavy atom. The van der Waals surface area contributed by atoms with E-state index in [0.717, 1.165) is 17.1 Å². The van der Waals surface area contributed by atoms with Crippen LogP contribution in [0.3, 0.4) is 0 Å². The van der Waals surface area contributed by atoms with Crippen LogP contribution < -0.4 is 0 Å². The summed E-state index contributed by atoms with van der Waals surface area (Å²) in [5, 5.41) is 7.57. The van der Waals surface area contributed by atoms with Crippen LogP contribution in [0.1, 0.15) is 27.4 Å². The number of nitrogens with zero attached hydrogens (tertiary/aromatic N) is 5. The molecule has 1 amide bonds. The zero-order chi connectivity index (χ0) is 18.6. The number of hydrogen-bond donors (Lipinski definition) is 0. The van der Waals surface area contributed by atoms with Gasteiger partial charge >= 0.3 is 0 Å². The van der Waals surface area contributed by atoms with Crippen molar-refractivity contribution >= 4 is 5.91 Å². The van der Waals surface area contributed by atoms with E-state index in [1.165, 1.54) is 12.4 Å². The predicted octanol–water partition coefficient (Wildman–Crippen LogP) is 2.22. The Morgan fingerprint density at radius 2 is 2.11 bits per heavy atom. The van der Waals surface area contributed by atoms with Gasteiger partial charge in [-0.05, 0) is 37.3 Å². The predicted molar refractivity (Wildman–Crippen MR) is 98.8 cm³/mol. The first-order valence-electron chi connectivity index (χ1n) is 8.93. The van der Waals surface area contributed by atoms with Gasteiger partial charge in [0, 0.05) is 24.1 Å². The summed E-state index contributed by atoms with van der Waals surface area (Å²) in [4.78, 5) is 19.2. The third-order valence-corrected chi connectivity index (χ3v) is 4.63. The van der Waals surface area contributed by atoms with Crippen molar-refractivity contribution in [3.8, 4) is 0 Å². The molecule has 138 valence electrons. The van der Waals surface area contributed by atoms with E-state index in [0.29, 0.717) is 31.8 Å². The fourth-order valence-corrected chi connectivity index (χ4v) is 3.30.